The maximum absolute atomic E-state index is 10.9. The fourth-order valence-corrected chi connectivity index (χ4v) is 0.862. The van der Waals surface area contributed by atoms with Crippen LogP contribution >= 0.6 is 0 Å². The van der Waals surface area contributed by atoms with E-state index in [0.29, 0.717) is 11.3 Å². The number of amides is 1. The Kier molecular flexibility index (Phi) is 2.85. The first-order valence-electron chi connectivity index (χ1n) is 4.05. The molecule has 0 aromatic carbocycles. The van der Waals surface area contributed by atoms with Crippen LogP contribution in [0.4, 0.5) is 10.7 Å². The van der Waals surface area contributed by atoms with Gasteiger partial charge in [-0.3, -0.25) is 0 Å². The second-order valence-electron chi connectivity index (χ2n) is 2.74. The Balaban J connectivity index is 3.02. The Morgan fingerprint density at radius 2 is 2.07 bits per heavy atom. The number of nitrogen functional groups attached to an aromatic ring is 1. The molecule has 0 atom stereocenters. The minimum absolute atomic E-state index is 0.0898. The third-order valence-electron chi connectivity index (χ3n) is 1.76. The highest BCUT2D eigenvalue weighted by atomic mass is 16.6. The minimum atomic E-state index is -0.578. The van der Waals surface area contributed by atoms with Crippen LogP contribution in [-0.4, -0.2) is 23.1 Å². The van der Waals surface area contributed by atoms with Crippen molar-refractivity contribution in [2.75, 3.05) is 12.8 Å². The molecule has 76 valence electrons. The summed E-state index contributed by atoms with van der Waals surface area (Å²) in [5.41, 5.74) is 6.80. The molecule has 0 fully saturated rings. The van der Waals surface area contributed by atoms with Crippen molar-refractivity contribution in [2.45, 2.75) is 13.8 Å². The zero-order valence-corrected chi connectivity index (χ0v) is 8.29. The molecule has 0 aliphatic heterocycles. The maximum atomic E-state index is 10.9. The van der Waals surface area contributed by atoms with Crippen LogP contribution in [0.1, 0.15) is 11.3 Å². The highest BCUT2D eigenvalue weighted by Gasteiger charge is 2.10. The molecule has 1 rings (SSSR count). The van der Waals surface area contributed by atoms with Crippen molar-refractivity contribution >= 4 is 12.0 Å². The van der Waals surface area contributed by atoms with Crippen molar-refractivity contribution in [3.63, 3.8) is 0 Å². The summed E-state index contributed by atoms with van der Waals surface area (Å²) in [7, 11) is 1.47. The van der Waals surface area contributed by atoms with Crippen molar-refractivity contribution in [3.05, 3.63) is 11.3 Å². The molecule has 1 aromatic rings. The molecule has 0 saturated heterocycles. The number of ether oxygens (including phenoxy) is 1. The third-order valence-corrected chi connectivity index (χ3v) is 1.76. The Morgan fingerprint density at radius 1 is 1.43 bits per heavy atom. The summed E-state index contributed by atoms with van der Waals surface area (Å²) in [5, 5.41) is 2.32. The van der Waals surface area contributed by atoms with Crippen LogP contribution in [0.3, 0.4) is 0 Å². The van der Waals surface area contributed by atoms with E-state index in [4.69, 9.17) is 10.5 Å². The van der Waals surface area contributed by atoms with Crippen LogP contribution in [-0.2, 0) is 0 Å². The van der Waals surface area contributed by atoms with Gasteiger partial charge < -0.3 is 15.8 Å². The number of anilines is 1. The third kappa shape index (κ3) is 2.09. The van der Waals surface area contributed by atoms with Gasteiger partial charge in [-0.1, -0.05) is 0 Å². The number of nitrogens with one attached hydrogen (secondary N) is 1. The first-order chi connectivity index (χ1) is 6.54. The molecular formula is C8H12N4O2. The summed E-state index contributed by atoms with van der Waals surface area (Å²) in [6.07, 6.45) is -0.578. The van der Waals surface area contributed by atoms with Gasteiger partial charge in [0, 0.05) is 18.3 Å². The lowest BCUT2D eigenvalue weighted by atomic mass is 10.3. The molecule has 3 N–H and O–H groups in total. The Hall–Kier alpha value is -1.85. The van der Waals surface area contributed by atoms with Gasteiger partial charge in [0.1, 0.15) is 0 Å². The van der Waals surface area contributed by atoms with Crippen molar-refractivity contribution < 1.29 is 9.53 Å². The SMILES string of the molecule is CNC(=O)Oc1nc(N)nc(C)c1C. The van der Waals surface area contributed by atoms with E-state index in [1.54, 1.807) is 13.8 Å². The van der Waals surface area contributed by atoms with Crippen LogP contribution in [0.2, 0.25) is 0 Å². The van der Waals surface area contributed by atoms with E-state index in [1.165, 1.54) is 7.05 Å². The van der Waals surface area contributed by atoms with Gasteiger partial charge >= 0.3 is 6.09 Å². The number of carbonyl (C=O) groups is 1. The molecule has 1 amide bonds. The van der Waals surface area contributed by atoms with E-state index >= 15 is 0 Å². The summed E-state index contributed by atoms with van der Waals surface area (Å²) < 4.78 is 4.87. The van der Waals surface area contributed by atoms with Crippen LogP contribution in [0.25, 0.3) is 0 Å². The molecule has 1 heterocycles. The number of hydrogen-bond acceptors (Lipinski definition) is 5. The van der Waals surface area contributed by atoms with Crippen molar-refractivity contribution in [2.24, 2.45) is 0 Å². The smallest absolute Gasteiger partial charge is 0.391 e. The minimum Gasteiger partial charge on any atom is -0.391 e. The van der Waals surface area contributed by atoms with Crippen molar-refractivity contribution in [1.29, 1.82) is 0 Å². The quantitative estimate of drug-likeness (QED) is 0.678. The standard InChI is InChI=1S/C8H12N4O2/c1-4-5(2)11-7(9)12-6(4)14-8(13)10-3/h1-3H3,(H,10,13)(H2,9,11,12). The van der Waals surface area contributed by atoms with Crippen LogP contribution in [0.5, 0.6) is 5.88 Å². The fourth-order valence-electron chi connectivity index (χ4n) is 0.862. The van der Waals surface area contributed by atoms with Crippen LogP contribution in [0, 0.1) is 13.8 Å². The highest BCUT2D eigenvalue weighted by molar-refractivity contribution is 5.69. The molecular weight excluding hydrogens is 184 g/mol. The normalized spacial score (nSPS) is 9.64. The number of nitrogens with two attached hydrogens (primary N) is 1. The zero-order chi connectivity index (χ0) is 10.7. The molecule has 0 saturated carbocycles. The first-order valence-corrected chi connectivity index (χ1v) is 4.05. The second-order valence-corrected chi connectivity index (χ2v) is 2.74. The first kappa shape index (κ1) is 10.2. The Labute approximate surface area is 81.5 Å². The van der Waals surface area contributed by atoms with Gasteiger partial charge in [0.2, 0.25) is 11.8 Å². The lowest BCUT2D eigenvalue weighted by molar-refractivity contribution is 0.200. The van der Waals surface area contributed by atoms with E-state index in [-0.39, 0.29) is 11.8 Å². The monoisotopic (exact) mass is 196 g/mol. The van der Waals surface area contributed by atoms with Gasteiger partial charge in [-0.05, 0) is 13.8 Å². The van der Waals surface area contributed by atoms with Gasteiger partial charge in [-0.15, -0.1) is 0 Å². The molecule has 6 heteroatoms. The molecule has 14 heavy (non-hydrogen) atoms. The number of carbonyl (C=O) groups excluding carboxylic acids is 1. The van der Waals surface area contributed by atoms with E-state index in [2.05, 4.69) is 15.3 Å². The van der Waals surface area contributed by atoms with Crippen molar-refractivity contribution in [3.8, 4) is 5.88 Å². The second kappa shape index (κ2) is 3.91. The van der Waals surface area contributed by atoms with E-state index in [1.807, 2.05) is 0 Å². The van der Waals surface area contributed by atoms with Crippen molar-refractivity contribution in [1.82, 2.24) is 15.3 Å². The topological polar surface area (TPSA) is 90.1 Å². The molecule has 1 aromatic heterocycles. The van der Waals surface area contributed by atoms with E-state index in [0.717, 1.165) is 0 Å². The molecule has 0 aliphatic rings. The van der Waals surface area contributed by atoms with Gasteiger partial charge in [-0.25, -0.2) is 9.78 Å². The molecule has 0 aliphatic carbocycles. The number of aryl methyl sites for hydroxylation is 1. The molecule has 0 unspecified atom stereocenters. The molecule has 0 bridgehead atoms. The molecule has 0 spiro atoms. The van der Waals surface area contributed by atoms with Gasteiger partial charge in [0.05, 0.1) is 0 Å². The fraction of sp³-hybridized carbons (Fsp3) is 0.375. The number of hydrogen-bond donors (Lipinski definition) is 2. The van der Waals surface area contributed by atoms with E-state index < -0.39 is 6.09 Å². The predicted octanol–water partition coefficient (Wildman–Crippen LogP) is 0.394. The van der Waals surface area contributed by atoms with Gasteiger partial charge in [0.25, 0.3) is 0 Å². The lowest BCUT2D eigenvalue weighted by Gasteiger charge is -2.07. The summed E-state index contributed by atoms with van der Waals surface area (Å²) in [4.78, 5) is 18.6. The largest absolute Gasteiger partial charge is 0.413 e. The van der Waals surface area contributed by atoms with Gasteiger partial charge in [-0.2, -0.15) is 4.98 Å². The number of aromatic nitrogens is 2. The number of rotatable bonds is 1. The van der Waals surface area contributed by atoms with Gasteiger partial charge in [0.15, 0.2) is 0 Å². The molecule has 6 nitrogen and oxygen atoms in total. The summed E-state index contributed by atoms with van der Waals surface area (Å²) >= 11 is 0. The molecule has 0 radical (unpaired) electrons. The van der Waals surface area contributed by atoms with Crippen LogP contribution < -0.4 is 15.8 Å². The van der Waals surface area contributed by atoms with Crippen LogP contribution in [0.15, 0.2) is 0 Å². The average Bonchev–Trinajstić information content (AvgIpc) is 2.13. The average molecular weight is 196 g/mol. The summed E-state index contributed by atoms with van der Waals surface area (Å²) in [6, 6.07) is 0. The predicted molar refractivity (Wildman–Crippen MR) is 51.0 cm³/mol. The Bertz CT molecular complexity index is 365. The number of nitrogens with zero attached hydrogens (tertiary/aromatic N) is 2. The zero-order valence-electron chi connectivity index (χ0n) is 8.29. The maximum Gasteiger partial charge on any atom is 0.413 e. The summed E-state index contributed by atoms with van der Waals surface area (Å²) in [5.74, 6) is 0.279. The summed E-state index contributed by atoms with van der Waals surface area (Å²) in [6.45, 7) is 3.52. The Morgan fingerprint density at radius 3 is 2.64 bits per heavy atom. The highest BCUT2D eigenvalue weighted by Crippen LogP contribution is 2.17. The van der Waals surface area contributed by atoms with E-state index in [9.17, 15) is 4.79 Å². The lowest BCUT2D eigenvalue weighted by Crippen LogP contribution is -2.23.